The van der Waals surface area contributed by atoms with Crippen LogP contribution in [0.25, 0.3) is 0 Å². The summed E-state index contributed by atoms with van der Waals surface area (Å²) in [7, 11) is 0. The standard InChI is InChI=1S/C9H7N5/c10-7-14-9(11-12-13-14)6-8-4-2-1-3-5-8/h1-5H,6H2. The average Bonchev–Trinajstić information content (AvgIpc) is 2.67. The maximum absolute atomic E-state index is 8.66. The molecular weight excluding hydrogens is 178 g/mol. The van der Waals surface area contributed by atoms with Gasteiger partial charge in [0.25, 0.3) is 0 Å². The van der Waals surface area contributed by atoms with Gasteiger partial charge in [0.05, 0.1) is 0 Å². The minimum absolute atomic E-state index is 0.554. The molecule has 0 aliphatic heterocycles. The largest absolute Gasteiger partial charge is 0.209 e. The summed E-state index contributed by atoms with van der Waals surface area (Å²) < 4.78 is 1.12. The van der Waals surface area contributed by atoms with Gasteiger partial charge in [0.15, 0.2) is 5.82 Å². The number of benzene rings is 1. The maximum Gasteiger partial charge on any atom is 0.209 e. The van der Waals surface area contributed by atoms with Gasteiger partial charge in [-0.2, -0.15) is 5.26 Å². The molecule has 0 N–H and O–H groups in total. The molecule has 14 heavy (non-hydrogen) atoms. The van der Waals surface area contributed by atoms with Gasteiger partial charge in [0, 0.05) is 6.42 Å². The van der Waals surface area contributed by atoms with Crippen molar-refractivity contribution in [2.24, 2.45) is 0 Å². The first-order valence-corrected chi connectivity index (χ1v) is 4.11. The molecule has 0 radical (unpaired) electrons. The van der Waals surface area contributed by atoms with Crippen LogP contribution in [-0.2, 0) is 6.42 Å². The lowest BCUT2D eigenvalue weighted by Crippen LogP contribution is -2.00. The maximum atomic E-state index is 8.66. The fraction of sp³-hybridized carbons (Fsp3) is 0.111. The van der Waals surface area contributed by atoms with Crippen molar-refractivity contribution in [2.75, 3.05) is 0 Å². The molecule has 0 bridgehead atoms. The van der Waals surface area contributed by atoms with Gasteiger partial charge in [-0.05, 0) is 16.0 Å². The number of hydrogen-bond acceptors (Lipinski definition) is 4. The van der Waals surface area contributed by atoms with Crippen LogP contribution in [0.3, 0.4) is 0 Å². The van der Waals surface area contributed by atoms with Crippen LogP contribution >= 0.6 is 0 Å². The zero-order valence-electron chi connectivity index (χ0n) is 7.33. The zero-order valence-corrected chi connectivity index (χ0v) is 7.33. The monoisotopic (exact) mass is 185 g/mol. The Bertz CT molecular complexity index is 454. The molecule has 0 saturated carbocycles. The number of tetrazole rings is 1. The van der Waals surface area contributed by atoms with Crippen LogP contribution in [-0.4, -0.2) is 20.2 Å². The van der Waals surface area contributed by atoms with Crippen LogP contribution in [0.4, 0.5) is 0 Å². The van der Waals surface area contributed by atoms with Crippen molar-refractivity contribution in [1.82, 2.24) is 20.2 Å². The molecule has 5 nitrogen and oxygen atoms in total. The number of aromatic nitrogens is 4. The van der Waals surface area contributed by atoms with Crippen molar-refractivity contribution >= 4 is 0 Å². The summed E-state index contributed by atoms with van der Waals surface area (Å²) in [5.41, 5.74) is 1.08. The minimum atomic E-state index is 0.554. The van der Waals surface area contributed by atoms with Gasteiger partial charge >= 0.3 is 0 Å². The highest BCUT2D eigenvalue weighted by atomic mass is 15.5. The van der Waals surface area contributed by atoms with E-state index in [0.29, 0.717) is 12.2 Å². The Balaban J connectivity index is 2.24. The predicted octanol–water partition coefficient (Wildman–Crippen LogP) is 0.593. The van der Waals surface area contributed by atoms with E-state index >= 15 is 0 Å². The highest BCUT2D eigenvalue weighted by molar-refractivity contribution is 5.18. The molecule has 1 heterocycles. The summed E-state index contributed by atoms with van der Waals surface area (Å²) in [5.74, 6) is 0.554. The topological polar surface area (TPSA) is 67.4 Å². The number of nitrogens with zero attached hydrogens (tertiary/aromatic N) is 5. The molecule has 2 aromatic rings. The van der Waals surface area contributed by atoms with E-state index in [1.165, 1.54) is 0 Å². The van der Waals surface area contributed by atoms with E-state index in [9.17, 15) is 0 Å². The van der Waals surface area contributed by atoms with Gasteiger partial charge in [0.2, 0.25) is 6.19 Å². The van der Waals surface area contributed by atoms with Crippen LogP contribution in [0.2, 0.25) is 0 Å². The third-order valence-corrected chi connectivity index (χ3v) is 1.83. The van der Waals surface area contributed by atoms with Gasteiger partial charge in [-0.1, -0.05) is 30.3 Å². The molecule has 68 valence electrons. The van der Waals surface area contributed by atoms with Gasteiger partial charge in [-0.25, -0.2) is 0 Å². The van der Waals surface area contributed by atoms with E-state index in [-0.39, 0.29) is 0 Å². The van der Waals surface area contributed by atoms with E-state index < -0.39 is 0 Å². The fourth-order valence-electron chi connectivity index (χ4n) is 1.17. The SMILES string of the molecule is N#Cn1nnnc1Cc1ccccc1. The summed E-state index contributed by atoms with van der Waals surface area (Å²) in [4.78, 5) is 0. The number of hydrogen-bond donors (Lipinski definition) is 0. The molecule has 0 amide bonds. The second kappa shape index (κ2) is 3.66. The summed E-state index contributed by atoms with van der Waals surface area (Å²) in [6, 6.07) is 9.76. The van der Waals surface area contributed by atoms with Crippen molar-refractivity contribution in [1.29, 1.82) is 5.26 Å². The molecule has 1 aromatic carbocycles. The number of nitriles is 1. The molecule has 0 saturated heterocycles. The first kappa shape index (κ1) is 8.38. The fourth-order valence-corrected chi connectivity index (χ4v) is 1.17. The highest BCUT2D eigenvalue weighted by Gasteiger charge is 2.05. The molecule has 0 spiro atoms. The minimum Gasteiger partial charge on any atom is -0.170 e. The van der Waals surface area contributed by atoms with Gasteiger partial charge in [-0.3, -0.25) is 0 Å². The normalized spacial score (nSPS) is 9.64. The van der Waals surface area contributed by atoms with Crippen molar-refractivity contribution in [3.8, 4) is 6.19 Å². The predicted molar refractivity (Wildman–Crippen MR) is 48.1 cm³/mol. The smallest absolute Gasteiger partial charge is 0.170 e. The van der Waals surface area contributed by atoms with Crippen molar-refractivity contribution in [3.63, 3.8) is 0 Å². The quantitative estimate of drug-likeness (QED) is 0.686. The van der Waals surface area contributed by atoms with Gasteiger partial charge in [-0.15, -0.1) is 9.78 Å². The van der Waals surface area contributed by atoms with Crippen LogP contribution in [0.1, 0.15) is 11.4 Å². The third kappa shape index (κ3) is 1.59. The van der Waals surface area contributed by atoms with Crippen molar-refractivity contribution in [2.45, 2.75) is 6.42 Å². The van der Waals surface area contributed by atoms with Gasteiger partial charge < -0.3 is 0 Å². The Morgan fingerprint density at radius 1 is 1.29 bits per heavy atom. The van der Waals surface area contributed by atoms with Crippen LogP contribution in [0.5, 0.6) is 0 Å². The van der Waals surface area contributed by atoms with E-state index in [0.717, 1.165) is 10.2 Å². The van der Waals surface area contributed by atoms with E-state index in [1.54, 1.807) is 0 Å². The third-order valence-electron chi connectivity index (χ3n) is 1.83. The van der Waals surface area contributed by atoms with Gasteiger partial charge in [0.1, 0.15) is 0 Å². The lowest BCUT2D eigenvalue weighted by molar-refractivity contribution is 0.783. The Morgan fingerprint density at radius 2 is 2.07 bits per heavy atom. The average molecular weight is 185 g/mol. The summed E-state index contributed by atoms with van der Waals surface area (Å²) in [6.07, 6.45) is 2.45. The van der Waals surface area contributed by atoms with Crippen molar-refractivity contribution < 1.29 is 0 Å². The van der Waals surface area contributed by atoms with Crippen molar-refractivity contribution in [3.05, 3.63) is 41.7 Å². The summed E-state index contributed by atoms with van der Waals surface area (Å²) in [5, 5.41) is 19.4. The molecule has 0 unspecified atom stereocenters. The molecule has 0 aliphatic carbocycles. The Kier molecular flexibility index (Phi) is 2.19. The second-order valence-corrected chi connectivity index (χ2v) is 2.77. The lowest BCUT2D eigenvalue weighted by atomic mass is 10.1. The molecule has 0 fully saturated rings. The molecular formula is C9H7N5. The molecule has 0 aliphatic rings. The van der Waals surface area contributed by atoms with E-state index in [1.807, 2.05) is 36.5 Å². The Hall–Kier alpha value is -2.22. The highest BCUT2D eigenvalue weighted by Crippen LogP contribution is 2.04. The van der Waals surface area contributed by atoms with E-state index in [4.69, 9.17) is 5.26 Å². The molecule has 5 heteroatoms. The molecule has 0 atom stereocenters. The first-order valence-electron chi connectivity index (χ1n) is 4.11. The lowest BCUT2D eigenvalue weighted by Gasteiger charge is -1.96. The number of rotatable bonds is 2. The van der Waals surface area contributed by atoms with Crippen LogP contribution < -0.4 is 0 Å². The molecule has 2 rings (SSSR count). The second-order valence-electron chi connectivity index (χ2n) is 2.77. The zero-order chi connectivity index (χ0) is 9.80. The van der Waals surface area contributed by atoms with E-state index in [2.05, 4.69) is 15.5 Å². The molecule has 1 aromatic heterocycles. The first-order chi connectivity index (χ1) is 6.90. The van der Waals surface area contributed by atoms with Crippen LogP contribution in [0, 0.1) is 11.5 Å². The summed E-state index contributed by atoms with van der Waals surface area (Å²) >= 11 is 0. The summed E-state index contributed by atoms with van der Waals surface area (Å²) in [6.45, 7) is 0. The Labute approximate surface area is 80.6 Å². The van der Waals surface area contributed by atoms with Crippen LogP contribution in [0.15, 0.2) is 30.3 Å². The Morgan fingerprint density at radius 3 is 2.79 bits per heavy atom.